The van der Waals surface area contributed by atoms with E-state index in [0.29, 0.717) is 35.3 Å². The molecule has 23 heavy (non-hydrogen) atoms. The van der Waals surface area contributed by atoms with Gasteiger partial charge in [-0.25, -0.2) is 4.98 Å². The van der Waals surface area contributed by atoms with Crippen LogP contribution in [0.1, 0.15) is 20.4 Å². The summed E-state index contributed by atoms with van der Waals surface area (Å²) in [5.41, 5.74) is 1.36. The van der Waals surface area contributed by atoms with Gasteiger partial charge in [0.1, 0.15) is 11.5 Å². The Bertz CT molecular complexity index is 685. The predicted molar refractivity (Wildman–Crippen MR) is 89.9 cm³/mol. The largest absolute Gasteiger partial charge is 0.493 e. The van der Waals surface area contributed by atoms with Crippen molar-refractivity contribution >= 4 is 22.9 Å². The molecule has 0 spiro atoms. The SMILES string of the molecule is COCCOc1cc(NC(=O)c2sc(C)nc2C)ccc1OC. The quantitative estimate of drug-likeness (QED) is 0.787. The lowest BCUT2D eigenvalue weighted by atomic mass is 10.2. The Balaban J connectivity index is 2.14. The van der Waals surface area contributed by atoms with E-state index in [0.717, 1.165) is 10.7 Å². The number of methoxy groups -OCH3 is 2. The number of rotatable bonds is 7. The van der Waals surface area contributed by atoms with E-state index in [4.69, 9.17) is 14.2 Å². The topological polar surface area (TPSA) is 69.7 Å². The molecule has 1 heterocycles. The normalized spacial score (nSPS) is 10.4. The second-order valence-corrected chi connectivity index (χ2v) is 6.01. The molecule has 1 aromatic heterocycles. The Kier molecular flexibility index (Phi) is 5.95. The maximum Gasteiger partial charge on any atom is 0.267 e. The lowest BCUT2D eigenvalue weighted by molar-refractivity contribution is 0.102. The second kappa shape index (κ2) is 7.94. The first-order valence-electron chi connectivity index (χ1n) is 7.10. The number of carbonyl (C=O) groups is 1. The molecule has 0 radical (unpaired) electrons. The van der Waals surface area contributed by atoms with E-state index in [9.17, 15) is 4.79 Å². The zero-order chi connectivity index (χ0) is 16.8. The molecule has 1 amide bonds. The minimum absolute atomic E-state index is 0.180. The van der Waals surface area contributed by atoms with Gasteiger partial charge in [-0.2, -0.15) is 0 Å². The molecule has 0 aliphatic rings. The van der Waals surface area contributed by atoms with Crippen molar-refractivity contribution in [3.63, 3.8) is 0 Å². The van der Waals surface area contributed by atoms with Gasteiger partial charge < -0.3 is 19.5 Å². The van der Waals surface area contributed by atoms with Crippen LogP contribution >= 0.6 is 11.3 Å². The summed E-state index contributed by atoms with van der Waals surface area (Å²) in [6.45, 7) is 4.58. The second-order valence-electron chi connectivity index (χ2n) is 4.81. The third kappa shape index (κ3) is 4.43. The molecule has 2 rings (SSSR count). The van der Waals surface area contributed by atoms with Crippen LogP contribution in [0, 0.1) is 13.8 Å². The molecule has 0 bridgehead atoms. The van der Waals surface area contributed by atoms with Gasteiger partial charge in [0.15, 0.2) is 11.5 Å². The molecule has 124 valence electrons. The van der Waals surface area contributed by atoms with Crippen LogP contribution in [-0.2, 0) is 4.74 Å². The fraction of sp³-hybridized carbons (Fsp3) is 0.375. The van der Waals surface area contributed by atoms with Gasteiger partial charge >= 0.3 is 0 Å². The van der Waals surface area contributed by atoms with E-state index >= 15 is 0 Å². The molecule has 0 atom stereocenters. The Morgan fingerprint density at radius 3 is 2.61 bits per heavy atom. The van der Waals surface area contributed by atoms with Crippen LogP contribution in [0.25, 0.3) is 0 Å². The number of carbonyl (C=O) groups excluding carboxylic acids is 1. The Morgan fingerprint density at radius 2 is 2.00 bits per heavy atom. The first-order chi connectivity index (χ1) is 11.0. The number of amides is 1. The van der Waals surface area contributed by atoms with E-state index in [2.05, 4.69) is 10.3 Å². The first-order valence-corrected chi connectivity index (χ1v) is 7.92. The third-order valence-corrected chi connectivity index (χ3v) is 4.15. The van der Waals surface area contributed by atoms with Crippen molar-refractivity contribution in [2.45, 2.75) is 13.8 Å². The van der Waals surface area contributed by atoms with Crippen molar-refractivity contribution in [2.75, 3.05) is 32.8 Å². The highest BCUT2D eigenvalue weighted by molar-refractivity contribution is 7.13. The van der Waals surface area contributed by atoms with E-state index in [1.807, 2.05) is 13.8 Å². The van der Waals surface area contributed by atoms with Gasteiger partial charge in [0, 0.05) is 18.9 Å². The van der Waals surface area contributed by atoms with Crippen molar-refractivity contribution in [2.24, 2.45) is 0 Å². The molecule has 0 aliphatic carbocycles. The summed E-state index contributed by atoms with van der Waals surface area (Å²) < 4.78 is 15.8. The number of hydrogen-bond donors (Lipinski definition) is 1. The average Bonchev–Trinajstić information content (AvgIpc) is 2.86. The lowest BCUT2D eigenvalue weighted by Crippen LogP contribution is -2.12. The van der Waals surface area contributed by atoms with Crippen LogP contribution in [0.2, 0.25) is 0 Å². The minimum Gasteiger partial charge on any atom is -0.493 e. The highest BCUT2D eigenvalue weighted by atomic mass is 32.1. The van der Waals surface area contributed by atoms with Gasteiger partial charge in [0.05, 0.1) is 24.4 Å². The number of nitrogens with one attached hydrogen (secondary N) is 1. The van der Waals surface area contributed by atoms with Gasteiger partial charge in [-0.1, -0.05) is 0 Å². The van der Waals surface area contributed by atoms with E-state index in [1.165, 1.54) is 11.3 Å². The monoisotopic (exact) mass is 336 g/mol. The molecule has 6 nitrogen and oxygen atoms in total. The Hall–Kier alpha value is -2.12. The molecule has 1 N–H and O–H groups in total. The molecule has 2 aromatic rings. The summed E-state index contributed by atoms with van der Waals surface area (Å²) in [5, 5.41) is 3.73. The number of nitrogens with zero attached hydrogens (tertiary/aromatic N) is 1. The van der Waals surface area contributed by atoms with Crippen LogP contribution in [0.15, 0.2) is 18.2 Å². The van der Waals surface area contributed by atoms with Crippen molar-refractivity contribution in [3.05, 3.63) is 33.8 Å². The molecular formula is C16H20N2O4S. The van der Waals surface area contributed by atoms with E-state index in [1.54, 1.807) is 32.4 Å². The number of aryl methyl sites for hydroxylation is 2. The Labute approximate surface area is 139 Å². The summed E-state index contributed by atoms with van der Waals surface area (Å²) in [4.78, 5) is 17.2. The molecule has 0 saturated heterocycles. The number of ether oxygens (including phenoxy) is 3. The van der Waals surface area contributed by atoms with Crippen molar-refractivity contribution in [3.8, 4) is 11.5 Å². The molecule has 0 saturated carbocycles. The number of anilines is 1. The fourth-order valence-electron chi connectivity index (χ4n) is 2.03. The standard InChI is InChI=1S/C16H20N2O4S/c1-10-15(23-11(2)17-10)16(19)18-12-5-6-13(21-4)14(9-12)22-8-7-20-3/h5-6,9H,7-8H2,1-4H3,(H,18,19). The van der Waals surface area contributed by atoms with Crippen LogP contribution in [0.5, 0.6) is 11.5 Å². The van der Waals surface area contributed by atoms with Crippen molar-refractivity contribution in [1.82, 2.24) is 4.98 Å². The molecule has 0 aliphatic heterocycles. The molecule has 7 heteroatoms. The average molecular weight is 336 g/mol. The number of thiazole rings is 1. The van der Waals surface area contributed by atoms with Crippen molar-refractivity contribution in [1.29, 1.82) is 0 Å². The van der Waals surface area contributed by atoms with Crippen LogP contribution in [0.3, 0.4) is 0 Å². The molecule has 0 unspecified atom stereocenters. The zero-order valence-electron chi connectivity index (χ0n) is 13.6. The van der Waals surface area contributed by atoms with E-state index in [-0.39, 0.29) is 5.91 Å². The summed E-state index contributed by atoms with van der Waals surface area (Å²) in [6, 6.07) is 5.25. The van der Waals surface area contributed by atoms with Gasteiger partial charge in [0.2, 0.25) is 0 Å². The minimum atomic E-state index is -0.180. The van der Waals surface area contributed by atoms with E-state index < -0.39 is 0 Å². The molecule has 0 fully saturated rings. The third-order valence-electron chi connectivity index (χ3n) is 3.08. The summed E-state index contributed by atoms with van der Waals surface area (Å²) in [7, 11) is 3.18. The number of benzene rings is 1. The highest BCUT2D eigenvalue weighted by Gasteiger charge is 2.15. The van der Waals surface area contributed by atoms with Gasteiger partial charge in [-0.15, -0.1) is 11.3 Å². The van der Waals surface area contributed by atoms with Gasteiger partial charge in [-0.05, 0) is 26.0 Å². The number of aromatic nitrogens is 1. The highest BCUT2D eigenvalue weighted by Crippen LogP contribution is 2.30. The maximum atomic E-state index is 12.3. The molecular weight excluding hydrogens is 316 g/mol. The van der Waals surface area contributed by atoms with Crippen LogP contribution in [-0.4, -0.2) is 38.3 Å². The van der Waals surface area contributed by atoms with Crippen LogP contribution in [0.4, 0.5) is 5.69 Å². The molecule has 1 aromatic carbocycles. The van der Waals surface area contributed by atoms with Gasteiger partial charge in [-0.3, -0.25) is 4.79 Å². The lowest BCUT2D eigenvalue weighted by Gasteiger charge is -2.12. The Morgan fingerprint density at radius 1 is 1.22 bits per heavy atom. The fourth-order valence-corrected chi connectivity index (χ4v) is 2.85. The zero-order valence-corrected chi connectivity index (χ0v) is 14.5. The first kappa shape index (κ1) is 17.2. The maximum absolute atomic E-state index is 12.3. The summed E-state index contributed by atoms with van der Waals surface area (Å²) in [6.07, 6.45) is 0. The predicted octanol–water partition coefficient (Wildman–Crippen LogP) is 3.05. The smallest absolute Gasteiger partial charge is 0.267 e. The van der Waals surface area contributed by atoms with Crippen molar-refractivity contribution < 1.29 is 19.0 Å². The van der Waals surface area contributed by atoms with Crippen LogP contribution < -0.4 is 14.8 Å². The number of hydrogen-bond acceptors (Lipinski definition) is 6. The summed E-state index contributed by atoms with van der Waals surface area (Å²) >= 11 is 1.37. The van der Waals surface area contributed by atoms with Gasteiger partial charge in [0.25, 0.3) is 5.91 Å². The summed E-state index contributed by atoms with van der Waals surface area (Å²) in [5.74, 6) is 0.976.